The Labute approximate surface area is 170 Å². The standard InChI is InChI=1S/C26H21NS/c1-20-27-25(19-28-20)26-23(17-15-21-9-4-2-5-10-21)13-8-14-24(26)18-16-22-11-6-3-7-12-22/h2-19H,1H3/b17-15+,18-16+. The Morgan fingerprint density at radius 1 is 0.643 bits per heavy atom. The second kappa shape index (κ2) is 8.64. The molecule has 0 saturated carbocycles. The summed E-state index contributed by atoms with van der Waals surface area (Å²) in [6.45, 7) is 2.05. The molecule has 1 aromatic heterocycles. The third-order valence-corrected chi connectivity index (χ3v) is 5.29. The molecule has 0 radical (unpaired) electrons. The average Bonchev–Trinajstić information content (AvgIpc) is 3.18. The second-order valence-corrected chi connectivity index (χ2v) is 7.61. The zero-order chi connectivity index (χ0) is 19.2. The van der Waals surface area contributed by atoms with E-state index in [-0.39, 0.29) is 0 Å². The van der Waals surface area contributed by atoms with E-state index >= 15 is 0 Å². The lowest BCUT2D eigenvalue weighted by atomic mass is 9.97. The van der Waals surface area contributed by atoms with E-state index in [1.54, 1.807) is 11.3 Å². The van der Waals surface area contributed by atoms with Crippen molar-refractivity contribution in [2.24, 2.45) is 0 Å². The number of thiazole rings is 1. The number of benzene rings is 3. The van der Waals surface area contributed by atoms with Crippen LogP contribution in [0.15, 0.2) is 84.2 Å². The summed E-state index contributed by atoms with van der Waals surface area (Å²) in [4.78, 5) is 4.76. The molecule has 136 valence electrons. The fourth-order valence-corrected chi connectivity index (χ4v) is 3.74. The Hall–Kier alpha value is -3.23. The minimum Gasteiger partial charge on any atom is -0.242 e. The summed E-state index contributed by atoms with van der Waals surface area (Å²) < 4.78 is 0. The first-order chi connectivity index (χ1) is 13.8. The third kappa shape index (κ3) is 4.36. The van der Waals surface area contributed by atoms with Crippen molar-refractivity contribution >= 4 is 35.6 Å². The smallest absolute Gasteiger partial charge is 0.0901 e. The van der Waals surface area contributed by atoms with Crippen LogP contribution in [0, 0.1) is 6.92 Å². The molecule has 0 aliphatic carbocycles. The molecule has 0 atom stereocenters. The first-order valence-electron chi connectivity index (χ1n) is 9.31. The van der Waals surface area contributed by atoms with Crippen molar-refractivity contribution < 1.29 is 0 Å². The van der Waals surface area contributed by atoms with Crippen LogP contribution in [0.4, 0.5) is 0 Å². The van der Waals surface area contributed by atoms with Crippen LogP contribution in [0.3, 0.4) is 0 Å². The lowest BCUT2D eigenvalue weighted by molar-refractivity contribution is 1.29. The topological polar surface area (TPSA) is 12.9 Å². The van der Waals surface area contributed by atoms with Gasteiger partial charge in [-0.15, -0.1) is 11.3 Å². The molecular formula is C26H21NS. The van der Waals surface area contributed by atoms with Crippen LogP contribution in [0.5, 0.6) is 0 Å². The van der Waals surface area contributed by atoms with Crippen LogP contribution in [0.2, 0.25) is 0 Å². The Morgan fingerprint density at radius 2 is 1.18 bits per heavy atom. The van der Waals surface area contributed by atoms with Crippen LogP contribution >= 0.6 is 11.3 Å². The highest BCUT2D eigenvalue weighted by molar-refractivity contribution is 7.09. The summed E-state index contributed by atoms with van der Waals surface area (Å²) >= 11 is 1.69. The predicted molar refractivity (Wildman–Crippen MR) is 123 cm³/mol. The maximum atomic E-state index is 4.76. The van der Waals surface area contributed by atoms with Crippen molar-refractivity contribution in [3.05, 3.63) is 112 Å². The Balaban J connectivity index is 1.78. The van der Waals surface area contributed by atoms with E-state index in [1.165, 1.54) is 27.8 Å². The largest absolute Gasteiger partial charge is 0.242 e. The molecule has 0 spiro atoms. The van der Waals surface area contributed by atoms with Gasteiger partial charge in [-0.2, -0.15) is 0 Å². The fourth-order valence-electron chi connectivity index (χ4n) is 3.14. The monoisotopic (exact) mass is 379 g/mol. The summed E-state index contributed by atoms with van der Waals surface area (Å²) in [5, 5.41) is 3.22. The number of aryl methyl sites for hydroxylation is 1. The van der Waals surface area contributed by atoms with Gasteiger partial charge in [-0.05, 0) is 29.2 Å². The maximum Gasteiger partial charge on any atom is 0.0901 e. The number of aromatic nitrogens is 1. The van der Waals surface area contributed by atoms with E-state index in [9.17, 15) is 0 Å². The van der Waals surface area contributed by atoms with E-state index in [4.69, 9.17) is 4.98 Å². The summed E-state index contributed by atoms with van der Waals surface area (Å²) in [6, 6.07) is 27.2. The molecule has 4 rings (SSSR count). The number of rotatable bonds is 5. The molecule has 28 heavy (non-hydrogen) atoms. The molecule has 4 aromatic rings. The highest BCUT2D eigenvalue weighted by Gasteiger charge is 2.10. The fraction of sp³-hybridized carbons (Fsp3) is 0.0385. The van der Waals surface area contributed by atoms with Gasteiger partial charge in [0.25, 0.3) is 0 Å². The minimum absolute atomic E-state index is 1.03. The molecule has 1 nitrogen and oxygen atoms in total. The van der Waals surface area contributed by atoms with Crippen molar-refractivity contribution in [1.82, 2.24) is 4.98 Å². The molecule has 3 aromatic carbocycles. The molecule has 1 heterocycles. The number of nitrogens with zero attached hydrogens (tertiary/aromatic N) is 1. The van der Waals surface area contributed by atoms with Gasteiger partial charge in [0, 0.05) is 10.9 Å². The predicted octanol–water partition coefficient (Wildman–Crippen LogP) is 7.46. The first kappa shape index (κ1) is 18.1. The molecule has 0 amide bonds. The Kier molecular flexibility index (Phi) is 5.60. The van der Waals surface area contributed by atoms with E-state index in [1.807, 2.05) is 12.1 Å². The first-order valence-corrected chi connectivity index (χ1v) is 10.2. The highest BCUT2D eigenvalue weighted by atomic mass is 32.1. The van der Waals surface area contributed by atoms with Gasteiger partial charge >= 0.3 is 0 Å². The minimum atomic E-state index is 1.03. The molecule has 0 saturated heterocycles. The van der Waals surface area contributed by atoms with E-state index in [0.717, 1.165) is 10.7 Å². The van der Waals surface area contributed by atoms with Gasteiger partial charge in [0.1, 0.15) is 0 Å². The molecule has 0 aliphatic heterocycles. The molecular weight excluding hydrogens is 358 g/mol. The average molecular weight is 380 g/mol. The zero-order valence-electron chi connectivity index (χ0n) is 15.7. The van der Waals surface area contributed by atoms with Crippen LogP contribution in [-0.2, 0) is 0 Å². The van der Waals surface area contributed by atoms with Crippen LogP contribution in [0.25, 0.3) is 35.6 Å². The summed E-state index contributed by atoms with van der Waals surface area (Å²) in [6.07, 6.45) is 8.67. The van der Waals surface area contributed by atoms with Gasteiger partial charge < -0.3 is 0 Å². The normalized spacial score (nSPS) is 11.5. The summed E-state index contributed by atoms with van der Waals surface area (Å²) in [5.74, 6) is 0. The van der Waals surface area contributed by atoms with Crippen LogP contribution in [-0.4, -0.2) is 4.98 Å². The van der Waals surface area contributed by atoms with Gasteiger partial charge in [-0.1, -0.05) is 103 Å². The van der Waals surface area contributed by atoms with Crippen LogP contribution < -0.4 is 0 Å². The number of hydrogen-bond donors (Lipinski definition) is 0. The van der Waals surface area contributed by atoms with Crippen LogP contribution in [0.1, 0.15) is 27.3 Å². The summed E-state index contributed by atoms with van der Waals surface area (Å²) in [7, 11) is 0. The van der Waals surface area contributed by atoms with Gasteiger partial charge in [-0.25, -0.2) is 4.98 Å². The molecule has 0 unspecified atom stereocenters. The SMILES string of the molecule is Cc1nc(-c2c(/C=C/c3ccccc3)cccc2/C=C/c2ccccc2)cs1. The van der Waals surface area contributed by atoms with Crippen molar-refractivity contribution in [3.8, 4) is 11.3 Å². The van der Waals surface area contributed by atoms with Gasteiger partial charge in [-0.3, -0.25) is 0 Å². The number of hydrogen-bond acceptors (Lipinski definition) is 2. The zero-order valence-corrected chi connectivity index (χ0v) is 16.6. The maximum absolute atomic E-state index is 4.76. The molecule has 0 N–H and O–H groups in total. The van der Waals surface area contributed by atoms with E-state index in [0.29, 0.717) is 0 Å². The van der Waals surface area contributed by atoms with E-state index in [2.05, 4.69) is 103 Å². The quantitative estimate of drug-likeness (QED) is 0.328. The van der Waals surface area contributed by atoms with Crippen molar-refractivity contribution in [1.29, 1.82) is 0 Å². The van der Waals surface area contributed by atoms with Gasteiger partial charge in [0.2, 0.25) is 0 Å². The molecule has 0 aliphatic rings. The lowest BCUT2D eigenvalue weighted by Gasteiger charge is -2.08. The van der Waals surface area contributed by atoms with Crippen molar-refractivity contribution in [2.45, 2.75) is 6.92 Å². The molecule has 2 heteroatoms. The van der Waals surface area contributed by atoms with Crippen molar-refractivity contribution in [3.63, 3.8) is 0 Å². The van der Waals surface area contributed by atoms with Gasteiger partial charge in [0.05, 0.1) is 10.7 Å². The molecule has 0 fully saturated rings. The lowest BCUT2D eigenvalue weighted by Crippen LogP contribution is -1.89. The van der Waals surface area contributed by atoms with Gasteiger partial charge in [0.15, 0.2) is 0 Å². The highest BCUT2D eigenvalue weighted by Crippen LogP contribution is 2.31. The van der Waals surface area contributed by atoms with Crippen molar-refractivity contribution in [2.75, 3.05) is 0 Å². The third-order valence-electron chi connectivity index (χ3n) is 4.51. The summed E-state index contributed by atoms with van der Waals surface area (Å²) in [5.41, 5.74) is 6.92. The van der Waals surface area contributed by atoms with E-state index < -0.39 is 0 Å². The Morgan fingerprint density at radius 3 is 1.64 bits per heavy atom. The Bertz CT molecular complexity index is 1040. The molecule has 0 bridgehead atoms. The second-order valence-electron chi connectivity index (χ2n) is 6.55.